The average molecular weight is 527 g/mol. The highest BCUT2D eigenvalue weighted by Crippen LogP contribution is 2.38. The van der Waals surface area contributed by atoms with Crippen molar-refractivity contribution < 1.29 is 22.7 Å². The van der Waals surface area contributed by atoms with Crippen molar-refractivity contribution in [3.8, 4) is 0 Å². The molecule has 0 aliphatic carbocycles. The lowest BCUT2D eigenvalue weighted by molar-refractivity contribution is -0.115. The van der Waals surface area contributed by atoms with Crippen molar-refractivity contribution >= 4 is 38.1 Å². The number of nitrogens with one attached hydrogen (secondary N) is 1. The number of amides is 1. The summed E-state index contributed by atoms with van der Waals surface area (Å²) in [6.07, 6.45) is 0.760. The second-order valence-corrected chi connectivity index (χ2v) is 12.7. The molecule has 1 amide bonds. The third kappa shape index (κ3) is 5.69. The van der Waals surface area contributed by atoms with Crippen molar-refractivity contribution in [1.29, 1.82) is 0 Å². The van der Waals surface area contributed by atoms with Crippen LogP contribution >= 0.6 is 11.3 Å². The van der Waals surface area contributed by atoms with Gasteiger partial charge in [0.25, 0.3) is 0 Å². The molecule has 9 heteroatoms. The molecule has 1 aliphatic rings. The number of carbonyl (C=O) groups is 2. The summed E-state index contributed by atoms with van der Waals surface area (Å²) in [5.74, 6) is -0.734. The van der Waals surface area contributed by atoms with Crippen LogP contribution in [0.15, 0.2) is 59.5 Å². The van der Waals surface area contributed by atoms with E-state index in [-0.39, 0.29) is 17.2 Å². The standard InChI is InChI=1S/C27H30N2O5S2/c1-18(2)36(32,33)21-11-9-19(10-12-21)15-24(30)28-26-25(27(31)34-3)22-13-14-29(17-23(22)35-26)16-20-7-5-4-6-8-20/h4-12,18H,13-17H2,1-3H3,(H,28,30). The van der Waals surface area contributed by atoms with Gasteiger partial charge in [-0.25, -0.2) is 13.2 Å². The third-order valence-corrected chi connectivity index (χ3v) is 9.57. The van der Waals surface area contributed by atoms with Crippen LogP contribution < -0.4 is 5.32 Å². The number of nitrogens with zero attached hydrogens (tertiary/aromatic N) is 1. The molecule has 190 valence electrons. The number of anilines is 1. The van der Waals surface area contributed by atoms with E-state index in [1.54, 1.807) is 26.0 Å². The molecule has 0 radical (unpaired) electrons. The van der Waals surface area contributed by atoms with E-state index in [0.29, 0.717) is 29.1 Å². The second kappa shape index (κ2) is 10.9. The molecule has 0 unspecified atom stereocenters. The highest BCUT2D eigenvalue weighted by molar-refractivity contribution is 7.92. The summed E-state index contributed by atoms with van der Waals surface area (Å²) in [5.41, 5.74) is 3.29. The first kappa shape index (κ1) is 26.1. The summed E-state index contributed by atoms with van der Waals surface area (Å²) in [6.45, 7) is 5.59. The maximum atomic E-state index is 12.9. The van der Waals surface area contributed by atoms with Gasteiger partial charge in [0.05, 0.1) is 29.2 Å². The lowest BCUT2D eigenvalue weighted by atomic mass is 10.0. The number of sulfone groups is 1. The van der Waals surface area contributed by atoms with Gasteiger partial charge in [-0.15, -0.1) is 11.3 Å². The van der Waals surface area contributed by atoms with Crippen molar-refractivity contribution in [3.63, 3.8) is 0 Å². The Kier molecular flexibility index (Phi) is 7.92. The quantitative estimate of drug-likeness (QED) is 0.436. The van der Waals surface area contributed by atoms with Gasteiger partial charge in [0.15, 0.2) is 9.84 Å². The van der Waals surface area contributed by atoms with Gasteiger partial charge in [-0.3, -0.25) is 9.69 Å². The Morgan fingerprint density at radius 1 is 1.06 bits per heavy atom. The highest BCUT2D eigenvalue weighted by atomic mass is 32.2. The molecule has 36 heavy (non-hydrogen) atoms. The fraction of sp³-hybridized carbons (Fsp3) is 0.333. The van der Waals surface area contributed by atoms with Crippen molar-refractivity contribution in [2.45, 2.75) is 49.9 Å². The van der Waals surface area contributed by atoms with Gasteiger partial charge >= 0.3 is 5.97 Å². The van der Waals surface area contributed by atoms with Gasteiger partial charge in [0.2, 0.25) is 5.91 Å². The zero-order valence-corrected chi connectivity index (χ0v) is 22.2. The predicted molar refractivity (Wildman–Crippen MR) is 141 cm³/mol. The largest absolute Gasteiger partial charge is 0.465 e. The Labute approximate surface area is 216 Å². The molecule has 3 aromatic rings. The summed E-state index contributed by atoms with van der Waals surface area (Å²) in [5, 5.41) is 2.88. The maximum Gasteiger partial charge on any atom is 0.341 e. The Balaban J connectivity index is 1.49. The number of rotatable bonds is 8. The molecule has 0 bridgehead atoms. The van der Waals surface area contributed by atoms with Crippen molar-refractivity contribution in [1.82, 2.24) is 4.90 Å². The molecule has 4 rings (SSSR count). The van der Waals surface area contributed by atoms with Crippen molar-refractivity contribution in [2.24, 2.45) is 0 Å². The van der Waals surface area contributed by atoms with E-state index >= 15 is 0 Å². The van der Waals surface area contributed by atoms with E-state index in [1.165, 1.54) is 36.1 Å². The lowest BCUT2D eigenvalue weighted by Crippen LogP contribution is -2.29. The van der Waals surface area contributed by atoms with Crippen LogP contribution in [0.1, 0.15) is 45.8 Å². The number of benzene rings is 2. The van der Waals surface area contributed by atoms with Gasteiger partial charge in [-0.2, -0.15) is 0 Å². The van der Waals surface area contributed by atoms with E-state index in [4.69, 9.17) is 4.74 Å². The summed E-state index contributed by atoms with van der Waals surface area (Å²) in [6, 6.07) is 16.6. The molecule has 0 fully saturated rings. The van der Waals surface area contributed by atoms with Crippen LogP contribution in [-0.2, 0) is 45.3 Å². The number of hydrogen-bond donors (Lipinski definition) is 1. The monoisotopic (exact) mass is 526 g/mol. The Morgan fingerprint density at radius 2 is 1.75 bits per heavy atom. The van der Waals surface area contributed by atoms with Crippen LogP contribution in [0.25, 0.3) is 0 Å². The molecule has 0 spiro atoms. The van der Waals surface area contributed by atoms with Gasteiger partial charge in [-0.1, -0.05) is 42.5 Å². The predicted octanol–water partition coefficient (Wildman–Crippen LogP) is 4.46. The zero-order chi connectivity index (χ0) is 25.9. The van der Waals surface area contributed by atoms with Crippen LogP contribution in [-0.4, -0.2) is 44.1 Å². The SMILES string of the molecule is COC(=O)c1c(NC(=O)Cc2ccc(S(=O)(=O)C(C)C)cc2)sc2c1CCN(Cc1ccccc1)C2. The van der Waals surface area contributed by atoms with Crippen LogP contribution in [0.2, 0.25) is 0 Å². The minimum atomic E-state index is -3.37. The second-order valence-electron chi connectivity index (χ2n) is 9.11. The molecule has 0 atom stereocenters. The smallest absolute Gasteiger partial charge is 0.341 e. The van der Waals surface area contributed by atoms with E-state index in [0.717, 1.165) is 23.5 Å². The maximum absolute atomic E-state index is 12.9. The average Bonchev–Trinajstić information content (AvgIpc) is 3.21. The Bertz CT molecular complexity index is 1350. The lowest BCUT2D eigenvalue weighted by Gasteiger charge is -2.27. The molecule has 1 aliphatic heterocycles. The normalized spacial score (nSPS) is 13.9. The minimum Gasteiger partial charge on any atom is -0.465 e. The fourth-order valence-corrected chi connectivity index (χ4v) is 6.62. The van der Waals surface area contributed by atoms with E-state index in [2.05, 4.69) is 22.3 Å². The molecule has 0 saturated carbocycles. The number of methoxy groups -OCH3 is 1. The first-order valence-electron chi connectivity index (χ1n) is 11.8. The minimum absolute atomic E-state index is 0.0608. The summed E-state index contributed by atoms with van der Waals surface area (Å²) < 4.78 is 29.7. The number of ether oxygens (including phenoxy) is 1. The van der Waals surface area contributed by atoms with Crippen LogP contribution in [0, 0.1) is 0 Å². The van der Waals surface area contributed by atoms with Gasteiger partial charge in [0.1, 0.15) is 5.00 Å². The van der Waals surface area contributed by atoms with Crippen LogP contribution in [0.5, 0.6) is 0 Å². The van der Waals surface area contributed by atoms with Gasteiger partial charge in [0, 0.05) is 24.5 Å². The van der Waals surface area contributed by atoms with Crippen LogP contribution in [0.3, 0.4) is 0 Å². The summed E-state index contributed by atoms with van der Waals surface area (Å²) >= 11 is 1.41. The van der Waals surface area contributed by atoms with Crippen molar-refractivity contribution in [2.75, 3.05) is 19.0 Å². The Hall–Kier alpha value is -3.01. The number of hydrogen-bond acceptors (Lipinski definition) is 7. The molecule has 0 saturated heterocycles. The zero-order valence-electron chi connectivity index (χ0n) is 20.6. The molecular formula is C27H30N2O5S2. The summed E-state index contributed by atoms with van der Waals surface area (Å²) in [7, 11) is -2.03. The Morgan fingerprint density at radius 3 is 2.39 bits per heavy atom. The number of esters is 1. The van der Waals surface area contributed by atoms with Gasteiger partial charge < -0.3 is 10.1 Å². The number of fused-ring (bicyclic) bond motifs is 1. The van der Waals surface area contributed by atoms with E-state index in [1.807, 2.05) is 18.2 Å². The number of carbonyl (C=O) groups excluding carboxylic acids is 2. The molecule has 1 N–H and O–H groups in total. The fourth-order valence-electron chi connectivity index (χ4n) is 4.26. The van der Waals surface area contributed by atoms with Crippen molar-refractivity contribution in [3.05, 3.63) is 81.7 Å². The summed E-state index contributed by atoms with van der Waals surface area (Å²) in [4.78, 5) is 29.1. The topological polar surface area (TPSA) is 92.8 Å². The van der Waals surface area contributed by atoms with Crippen LogP contribution in [0.4, 0.5) is 5.00 Å². The molecule has 2 heterocycles. The first-order valence-corrected chi connectivity index (χ1v) is 14.2. The third-order valence-electron chi connectivity index (χ3n) is 6.26. The van der Waals surface area contributed by atoms with E-state index in [9.17, 15) is 18.0 Å². The first-order chi connectivity index (χ1) is 17.2. The molecule has 2 aromatic carbocycles. The molecular weight excluding hydrogens is 496 g/mol. The number of thiophene rings is 1. The highest BCUT2D eigenvalue weighted by Gasteiger charge is 2.29. The van der Waals surface area contributed by atoms with Gasteiger partial charge in [-0.05, 0) is 49.1 Å². The molecule has 1 aromatic heterocycles. The molecule has 7 nitrogen and oxygen atoms in total. The van der Waals surface area contributed by atoms with E-state index < -0.39 is 21.1 Å².